The number of carbonyl (C=O) groups excluding carboxylic acids is 1. The number of amides is 1. The minimum atomic E-state index is -5.08. The SMILES string of the molecule is CC(=N)N1CCC(Cc2ccc(C(=O)N[C@@H](COc3cccc(C(=N)N)c3)CC(=O)O)cc2)CC1.O=C(O)C(F)(F)F.O=C(O)C(F)(F)F. The number of carboxylic acids is 3. The van der Waals surface area contributed by atoms with Crippen LogP contribution in [-0.4, -0.2) is 93.8 Å². The zero-order valence-corrected chi connectivity index (χ0v) is 25.9. The number of nitrogen functional groups attached to an aromatic ring is 1. The van der Waals surface area contributed by atoms with Crippen LogP contribution in [0.3, 0.4) is 0 Å². The van der Waals surface area contributed by atoms with E-state index in [1.54, 1.807) is 36.4 Å². The molecule has 1 atom stereocenters. The fraction of sp³-hybridized carbons (Fsp3) is 0.400. The molecule has 0 saturated carbocycles. The summed E-state index contributed by atoms with van der Waals surface area (Å²) in [4.78, 5) is 44.0. The summed E-state index contributed by atoms with van der Waals surface area (Å²) in [6, 6.07) is 13.3. The standard InChI is InChI=1S/C26H33N5O4.2C2HF3O2/c1-17(27)31-11-9-19(10-12-31)13-18-5-7-20(8-6-18)26(34)30-22(15-24(32)33)16-35-23-4-2-3-21(14-23)25(28)29;2*3-2(4,5)1(6)7/h2-8,14,19,22,27H,9-13,15-16H2,1H3,(H3,28,29)(H,30,34)(H,32,33);2*(H,6,7)/t22-;;/m1../s1. The van der Waals surface area contributed by atoms with Gasteiger partial charge >= 0.3 is 30.3 Å². The van der Waals surface area contributed by atoms with Gasteiger partial charge in [0.2, 0.25) is 0 Å². The molecule has 1 amide bonds. The summed E-state index contributed by atoms with van der Waals surface area (Å²) in [5.74, 6) is -5.40. The maximum Gasteiger partial charge on any atom is 0.490 e. The lowest BCUT2D eigenvalue weighted by atomic mass is 9.90. The molecule has 13 nitrogen and oxygen atoms in total. The Morgan fingerprint density at radius 1 is 0.918 bits per heavy atom. The number of amidine groups is 2. The van der Waals surface area contributed by atoms with Gasteiger partial charge in [0, 0.05) is 24.2 Å². The number of carbonyl (C=O) groups is 4. The van der Waals surface area contributed by atoms with Gasteiger partial charge in [-0.15, -0.1) is 0 Å². The lowest BCUT2D eigenvalue weighted by Gasteiger charge is -2.32. The third-order valence-corrected chi connectivity index (χ3v) is 6.67. The van der Waals surface area contributed by atoms with E-state index in [0.717, 1.165) is 37.9 Å². The number of halogens is 6. The first-order valence-electron chi connectivity index (χ1n) is 14.2. The molecule has 2 aromatic rings. The molecule has 0 aromatic heterocycles. The number of ether oxygens (including phenoxy) is 1. The monoisotopic (exact) mass is 707 g/mol. The zero-order chi connectivity index (χ0) is 37.5. The van der Waals surface area contributed by atoms with E-state index in [4.69, 9.17) is 41.1 Å². The first-order valence-corrected chi connectivity index (χ1v) is 14.2. The first-order chi connectivity index (χ1) is 22.6. The predicted molar refractivity (Wildman–Crippen MR) is 162 cm³/mol. The molecule has 1 aliphatic rings. The highest BCUT2D eigenvalue weighted by atomic mass is 19.4. The summed E-state index contributed by atoms with van der Waals surface area (Å²) in [6.45, 7) is 3.60. The molecule has 1 fully saturated rings. The maximum absolute atomic E-state index is 12.8. The number of hydrogen-bond donors (Lipinski definition) is 7. The molecule has 0 bridgehead atoms. The molecule has 1 saturated heterocycles. The number of alkyl halides is 6. The molecule has 19 heteroatoms. The first kappa shape index (κ1) is 41.7. The average Bonchev–Trinajstić information content (AvgIpc) is 3.00. The quantitative estimate of drug-likeness (QED) is 0.106. The normalized spacial score (nSPS) is 13.7. The van der Waals surface area contributed by atoms with Crippen molar-refractivity contribution in [2.45, 2.75) is 51.0 Å². The summed E-state index contributed by atoms with van der Waals surface area (Å²) >= 11 is 0. The maximum atomic E-state index is 12.8. The highest BCUT2D eigenvalue weighted by Crippen LogP contribution is 2.22. The molecule has 8 N–H and O–H groups in total. The van der Waals surface area contributed by atoms with Gasteiger partial charge in [0.25, 0.3) is 5.91 Å². The summed E-state index contributed by atoms with van der Waals surface area (Å²) < 4.78 is 69.1. The third kappa shape index (κ3) is 16.3. The molecule has 49 heavy (non-hydrogen) atoms. The topological polar surface area (TPSA) is 227 Å². The number of nitrogens with two attached hydrogens (primary N) is 1. The van der Waals surface area contributed by atoms with Crippen molar-refractivity contribution >= 4 is 35.5 Å². The van der Waals surface area contributed by atoms with E-state index in [1.807, 2.05) is 19.1 Å². The number of carboxylic acid groups (broad SMARTS) is 3. The number of benzene rings is 2. The van der Waals surface area contributed by atoms with Crippen LogP contribution in [0, 0.1) is 16.7 Å². The molecule has 0 spiro atoms. The van der Waals surface area contributed by atoms with Crippen molar-refractivity contribution in [2.75, 3.05) is 19.7 Å². The fourth-order valence-electron chi connectivity index (χ4n) is 4.18. The zero-order valence-electron chi connectivity index (χ0n) is 25.9. The lowest BCUT2D eigenvalue weighted by molar-refractivity contribution is -0.193. The van der Waals surface area contributed by atoms with E-state index in [0.29, 0.717) is 28.6 Å². The van der Waals surface area contributed by atoms with Crippen LogP contribution in [0.2, 0.25) is 0 Å². The number of piperidine rings is 1. The van der Waals surface area contributed by atoms with Gasteiger partial charge < -0.3 is 36.0 Å². The fourth-order valence-corrected chi connectivity index (χ4v) is 4.18. The van der Waals surface area contributed by atoms with Crippen molar-refractivity contribution in [3.05, 3.63) is 65.2 Å². The second-order valence-corrected chi connectivity index (χ2v) is 10.5. The molecule has 270 valence electrons. The van der Waals surface area contributed by atoms with Crippen LogP contribution >= 0.6 is 0 Å². The van der Waals surface area contributed by atoms with Crippen LogP contribution in [0.5, 0.6) is 5.75 Å². The Morgan fingerprint density at radius 2 is 1.43 bits per heavy atom. The van der Waals surface area contributed by atoms with Crippen LogP contribution < -0.4 is 15.8 Å². The van der Waals surface area contributed by atoms with Crippen molar-refractivity contribution in [1.82, 2.24) is 10.2 Å². The highest BCUT2D eigenvalue weighted by molar-refractivity contribution is 5.95. The van der Waals surface area contributed by atoms with Crippen molar-refractivity contribution in [3.63, 3.8) is 0 Å². The van der Waals surface area contributed by atoms with E-state index in [-0.39, 0.29) is 24.8 Å². The molecule has 0 aliphatic carbocycles. The van der Waals surface area contributed by atoms with Gasteiger partial charge in [-0.05, 0) is 61.9 Å². The van der Waals surface area contributed by atoms with Crippen LogP contribution in [0.25, 0.3) is 0 Å². The molecular formula is C30H35F6N5O8. The molecule has 0 radical (unpaired) electrons. The number of hydrogen-bond acceptors (Lipinski definition) is 7. The summed E-state index contributed by atoms with van der Waals surface area (Å²) in [5, 5.41) is 41.5. The van der Waals surface area contributed by atoms with E-state index in [9.17, 15) is 41.0 Å². The minimum absolute atomic E-state index is 0.0363. The summed E-state index contributed by atoms with van der Waals surface area (Å²) in [7, 11) is 0. The Bertz CT molecular complexity index is 1440. The summed E-state index contributed by atoms with van der Waals surface area (Å²) in [5.41, 5.74) is 7.60. The minimum Gasteiger partial charge on any atom is -0.491 e. The van der Waals surface area contributed by atoms with Gasteiger partial charge in [-0.25, -0.2) is 9.59 Å². The molecule has 0 unspecified atom stereocenters. The van der Waals surface area contributed by atoms with Crippen LogP contribution in [0.1, 0.15) is 47.7 Å². The van der Waals surface area contributed by atoms with Crippen molar-refractivity contribution in [2.24, 2.45) is 11.7 Å². The second-order valence-electron chi connectivity index (χ2n) is 10.5. The van der Waals surface area contributed by atoms with Gasteiger partial charge in [-0.1, -0.05) is 24.3 Å². The average molecular weight is 708 g/mol. The Hall–Kier alpha value is -5.36. The van der Waals surface area contributed by atoms with Crippen molar-refractivity contribution < 1.29 is 65.6 Å². The highest BCUT2D eigenvalue weighted by Gasteiger charge is 2.38. The molecule has 1 aliphatic heterocycles. The molecule has 1 heterocycles. The number of rotatable bonds is 10. The smallest absolute Gasteiger partial charge is 0.490 e. The molecular weight excluding hydrogens is 672 g/mol. The van der Waals surface area contributed by atoms with E-state index < -0.39 is 36.3 Å². The summed E-state index contributed by atoms with van der Waals surface area (Å²) in [6.07, 6.45) is -7.43. The van der Waals surface area contributed by atoms with Crippen LogP contribution in [-0.2, 0) is 20.8 Å². The van der Waals surface area contributed by atoms with Crippen molar-refractivity contribution in [1.29, 1.82) is 10.8 Å². The third-order valence-electron chi connectivity index (χ3n) is 6.67. The van der Waals surface area contributed by atoms with E-state index in [2.05, 4.69) is 10.2 Å². The number of nitrogens with one attached hydrogen (secondary N) is 3. The Kier molecular flexibility index (Phi) is 16.0. The van der Waals surface area contributed by atoms with Gasteiger partial charge in [0.1, 0.15) is 18.2 Å². The lowest BCUT2D eigenvalue weighted by Crippen LogP contribution is -2.40. The van der Waals surface area contributed by atoms with E-state index >= 15 is 0 Å². The van der Waals surface area contributed by atoms with Gasteiger partial charge in [0.05, 0.1) is 18.3 Å². The number of aliphatic carboxylic acids is 3. The van der Waals surface area contributed by atoms with Crippen molar-refractivity contribution in [3.8, 4) is 5.75 Å². The van der Waals surface area contributed by atoms with Gasteiger partial charge in [-0.2, -0.15) is 26.3 Å². The Balaban J connectivity index is 0.000000717. The van der Waals surface area contributed by atoms with Gasteiger partial charge in [0.15, 0.2) is 0 Å². The Labute approximate surface area is 275 Å². The molecule has 3 rings (SSSR count). The van der Waals surface area contributed by atoms with E-state index in [1.165, 1.54) is 0 Å². The van der Waals surface area contributed by atoms with Crippen LogP contribution in [0.15, 0.2) is 48.5 Å². The largest absolute Gasteiger partial charge is 0.491 e. The second kappa shape index (κ2) is 18.8. The predicted octanol–water partition coefficient (Wildman–Crippen LogP) is 4.14. The number of nitrogens with zero attached hydrogens (tertiary/aromatic N) is 1. The number of likely N-dealkylation sites (tertiary alicyclic amines) is 1. The Morgan fingerprint density at radius 3 is 1.86 bits per heavy atom. The van der Waals surface area contributed by atoms with Gasteiger partial charge in [-0.3, -0.25) is 20.4 Å². The molecule has 2 aromatic carbocycles. The van der Waals surface area contributed by atoms with Crippen LogP contribution in [0.4, 0.5) is 26.3 Å².